The van der Waals surface area contributed by atoms with Crippen LogP contribution >= 0.6 is 0 Å². The molecule has 0 spiro atoms. The van der Waals surface area contributed by atoms with Crippen molar-refractivity contribution < 1.29 is 9.63 Å². The molecular weight excluding hydrogens is 144 g/mol. The summed E-state index contributed by atoms with van der Waals surface area (Å²) in [5.74, 6) is 0.116. The number of hydroxylamine groups is 1. The highest BCUT2D eigenvalue weighted by atomic mass is 16.7. The number of nitrogens with one attached hydrogen (secondary N) is 2. The summed E-state index contributed by atoms with van der Waals surface area (Å²) in [5, 5.41) is 2.85. The predicted molar refractivity (Wildman–Crippen MR) is 40.8 cm³/mol. The Bertz CT molecular complexity index is 132. The van der Waals surface area contributed by atoms with Crippen LogP contribution in [0.4, 0.5) is 0 Å². The molecule has 0 aromatic rings. The number of hydrogen-bond acceptors (Lipinski definition) is 3. The Balaban J connectivity index is 2.13. The Hall–Kier alpha value is -0.610. The van der Waals surface area contributed by atoms with E-state index < -0.39 is 0 Å². The highest BCUT2D eigenvalue weighted by Crippen LogP contribution is 1.93. The average molecular weight is 158 g/mol. The largest absolute Gasteiger partial charge is 0.350 e. The van der Waals surface area contributed by atoms with Crippen LogP contribution < -0.4 is 10.8 Å². The third-order valence-corrected chi connectivity index (χ3v) is 1.56. The van der Waals surface area contributed by atoms with E-state index in [-0.39, 0.29) is 11.9 Å². The third kappa shape index (κ3) is 2.86. The van der Waals surface area contributed by atoms with E-state index in [1.165, 1.54) is 0 Å². The van der Waals surface area contributed by atoms with E-state index in [0.717, 1.165) is 13.0 Å². The van der Waals surface area contributed by atoms with E-state index in [0.29, 0.717) is 13.0 Å². The Morgan fingerprint density at radius 1 is 1.82 bits per heavy atom. The van der Waals surface area contributed by atoms with Crippen LogP contribution in [0.2, 0.25) is 0 Å². The van der Waals surface area contributed by atoms with E-state index in [4.69, 9.17) is 4.84 Å². The van der Waals surface area contributed by atoms with Crippen molar-refractivity contribution in [2.24, 2.45) is 0 Å². The zero-order chi connectivity index (χ0) is 8.10. The number of carbonyl (C=O) groups excluding carboxylic acids is 1. The molecule has 11 heavy (non-hydrogen) atoms. The molecule has 1 saturated heterocycles. The normalized spacial score (nSPS) is 23.5. The second kappa shape index (κ2) is 4.31. The lowest BCUT2D eigenvalue weighted by atomic mass is 10.3. The molecule has 1 amide bonds. The van der Waals surface area contributed by atoms with E-state index in [9.17, 15) is 4.79 Å². The first-order valence-electron chi connectivity index (χ1n) is 3.97. The molecule has 1 atom stereocenters. The standard InChI is InChI=1S/C7H14N2O2/c1-2-3-7(10)9-6-4-8-11-5-6/h6,8H,2-5H2,1H3,(H,9,10)/t6-/m0/s1. The molecule has 0 saturated carbocycles. The molecule has 0 aromatic heterocycles. The van der Waals surface area contributed by atoms with Gasteiger partial charge in [-0.1, -0.05) is 6.92 Å². The Kier molecular flexibility index (Phi) is 3.32. The molecule has 1 aliphatic rings. The van der Waals surface area contributed by atoms with Crippen molar-refractivity contribution in [3.8, 4) is 0 Å². The molecule has 0 radical (unpaired) electrons. The lowest BCUT2D eigenvalue weighted by molar-refractivity contribution is -0.121. The van der Waals surface area contributed by atoms with Crippen molar-refractivity contribution in [1.82, 2.24) is 10.8 Å². The maximum atomic E-state index is 11.0. The van der Waals surface area contributed by atoms with Crippen LogP contribution in [0.15, 0.2) is 0 Å². The van der Waals surface area contributed by atoms with Gasteiger partial charge >= 0.3 is 0 Å². The summed E-state index contributed by atoms with van der Waals surface area (Å²) >= 11 is 0. The number of hydrogen-bond donors (Lipinski definition) is 2. The van der Waals surface area contributed by atoms with Gasteiger partial charge in [0.25, 0.3) is 0 Å². The van der Waals surface area contributed by atoms with Crippen molar-refractivity contribution in [3.05, 3.63) is 0 Å². The summed E-state index contributed by atoms with van der Waals surface area (Å²) in [6, 6.07) is 0.161. The monoisotopic (exact) mass is 158 g/mol. The number of rotatable bonds is 3. The summed E-state index contributed by atoms with van der Waals surface area (Å²) < 4.78 is 0. The second-order valence-electron chi connectivity index (χ2n) is 2.67. The lowest BCUT2D eigenvalue weighted by Crippen LogP contribution is -2.37. The van der Waals surface area contributed by atoms with Crippen LogP contribution in [-0.4, -0.2) is 25.1 Å². The van der Waals surface area contributed by atoms with Gasteiger partial charge in [0.05, 0.1) is 12.6 Å². The van der Waals surface area contributed by atoms with Crippen LogP contribution in [0.1, 0.15) is 19.8 Å². The van der Waals surface area contributed by atoms with Gasteiger partial charge in [0, 0.05) is 13.0 Å². The zero-order valence-electron chi connectivity index (χ0n) is 6.72. The maximum absolute atomic E-state index is 11.0. The van der Waals surface area contributed by atoms with Gasteiger partial charge in [-0.2, -0.15) is 0 Å². The van der Waals surface area contributed by atoms with Crippen molar-refractivity contribution in [1.29, 1.82) is 0 Å². The molecule has 1 fully saturated rings. The minimum atomic E-state index is 0.116. The molecule has 0 aromatic carbocycles. The fourth-order valence-corrected chi connectivity index (χ4v) is 0.998. The molecule has 64 valence electrons. The average Bonchev–Trinajstić information content (AvgIpc) is 2.40. The molecule has 1 aliphatic heterocycles. The van der Waals surface area contributed by atoms with Crippen LogP contribution in [0, 0.1) is 0 Å². The SMILES string of the molecule is CCCC(=O)N[C@H]1CNOC1. The third-order valence-electron chi connectivity index (χ3n) is 1.56. The minimum Gasteiger partial charge on any atom is -0.350 e. The van der Waals surface area contributed by atoms with Gasteiger partial charge in [0.15, 0.2) is 0 Å². The van der Waals surface area contributed by atoms with Crippen LogP contribution in [0.3, 0.4) is 0 Å². The number of carbonyl (C=O) groups is 1. The second-order valence-corrected chi connectivity index (χ2v) is 2.67. The Morgan fingerprint density at radius 3 is 3.18 bits per heavy atom. The van der Waals surface area contributed by atoms with Gasteiger partial charge in [0.2, 0.25) is 5.91 Å². The molecule has 0 aliphatic carbocycles. The molecule has 0 unspecified atom stereocenters. The van der Waals surface area contributed by atoms with Crippen LogP contribution in [0.5, 0.6) is 0 Å². The first-order valence-corrected chi connectivity index (χ1v) is 3.97. The Morgan fingerprint density at radius 2 is 2.64 bits per heavy atom. The van der Waals surface area contributed by atoms with Gasteiger partial charge in [-0.3, -0.25) is 9.63 Å². The quantitative estimate of drug-likeness (QED) is 0.598. The van der Waals surface area contributed by atoms with Gasteiger partial charge < -0.3 is 5.32 Å². The van der Waals surface area contributed by atoms with E-state index in [2.05, 4.69) is 10.8 Å². The Labute approximate surface area is 66.3 Å². The summed E-state index contributed by atoms with van der Waals surface area (Å²) in [7, 11) is 0. The molecule has 0 bridgehead atoms. The molecular formula is C7H14N2O2. The van der Waals surface area contributed by atoms with Crippen LogP contribution in [0.25, 0.3) is 0 Å². The fraction of sp³-hybridized carbons (Fsp3) is 0.857. The first kappa shape index (κ1) is 8.49. The first-order chi connectivity index (χ1) is 5.33. The molecule has 1 rings (SSSR count). The number of amides is 1. The van der Waals surface area contributed by atoms with Crippen molar-refractivity contribution in [3.63, 3.8) is 0 Å². The summed E-state index contributed by atoms with van der Waals surface area (Å²) in [6.07, 6.45) is 1.50. The lowest BCUT2D eigenvalue weighted by Gasteiger charge is -2.07. The highest BCUT2D eigenvalue weighted by molar-refractivity contribution is 5.76. The van der Waals surface area contributed by atoms with E-state index in [1.54, 1.807) is 0 Å². The fourth-order valence-electron chi connectivity index (χ4n) is 0.998. The molecule has 1 heterocycles. The van der Waals surface area contributed by atoms with Crippen molar-refractivity contribution in [2.45, 2.75) is 25.8 Å². The van der Waals surface area contributed by atoms with Crippen molar-refractivity contribution in [2.75, 3.05) is 13.2 Å². The smallest absolute Gasteiger partial charge is 0.220 e. The van der Waals surface area contributed by atoms with E-state index in [1.807, 2.05) is 6.92 Å². The van der Waals surface area contributed by atoms with Gasteiger partial charge in [-0.05, 0) is 6.42 Å². The summed E-state index contributed by atoms with van der Waals surface area (Å²) in [6.45, 7) is 3.29. The van der Waals surface area contributed by atoms with Gasteiger partial charge in [0.1, 0.15) is 0 Å². The van der Waals surface area contributed by atoms with E-state index >= 15 is 0 Å². The summed E-state index contributed by atoms with van der Waals surface area (Å²) in [5.41, 5.74) is 2.71. The molecule has 2 N–H and O–H groups in total. The van der Waals surface area contributed by atoms with Gasteiger partial charge in [-0.25, -0.2) is 5.48 Å². The molecule has 4 nitrogen and oxygen atoms in total. The van der Waals surface area contributed by atoms with Crippen LogP contribution in [-0.2, 0) is 9.63 Å². The zero-order valence-corrected chi connectivity index (χ0v) is 6.72. The topological polar surface area (TPSA) is 50.4 Å². The maximum Gasteiger partial charge on any atom is 0.220 e. The highest BCUT2D eigenvalue weighted by Gasteiger charge is 2.16. The van der Waals surface area contributed by atoms with Crippen molar-refractivity contribution >= 4 is 5.91 Å². The molecule has 4 heteroatoms. The minimum absolute atomic E-state index is 0.116. The summed E-state index contributed by atoms with van der Waals surface area (Å²) in [4.78, 5) is 15.9. The predicted octanol–water partition coefficient (Wildman–Crippen LogP) is -0.194. The van der Waals surface area contributed by atoms with Gasteiger partial charge in [-0.15, -0.1) is 0 Å².